The molecule has 2 heterocycles. The highest BCUT2D eigenvalue weighted by Gasteiger charge is 2.39. The average molecular weight is 280 g/mol. The third-order valence-electron chi connectivity index (χ3n) is 4.16. The molecule has 0 unspecified atom stereocenters. The van der Waals surface area contributed by atoms with Crippen molar-refractivity contribution in [3.8, 4) is 0 Å². The van der Waals surface area contributed by atoms with Crippen LogP contribution in [0.5, 0.6) is 0 Å². The molecular formula is C14H24N4O2. The summed E-state index contributed by atoms with van der Waals surface area (Å²) in [6.07, 6.45) is 5.25. The lowest BCUT2D eigenvalue weighted by Gasteiger charge is -2.33. The number of carboxylic acid groups (broad SMARTS) is 1. The van der Waals surface area contributed by atoms with Crippen molar-refractivity contribution in [1.29, 1.82) is 0 Å². The lowest BCUT2D eigenvalue weighted by Crippen LogP contribution is -2.46. The third kappa shape index (κ3) is 2.95. The smallest absolute Gasteiger partial charge is 0.326 e. The van der Waals surface area contributed by atoms with Crippen LogP contribution < -0.4 is 4.90 Å². The summed E-state index contributed by atoms with van der Waals surface area (Å²) in [5, 5.41) is 13.6. The van der Waals surface area contributed by atoms with Gasteiger partial charge in [0.15, 0.2) is 0 Å². The molecule has 6 nitrogen and oxygen atoms in total. The van der Waals surface area contributed by atoms with Crippen molar-refractivity contribution in [2.75, 3.05) is 18.5 Å². The van der Waals surface area contributed by atoms with Crippen LogP contribution in [-0.2, 0) is 11.8 Å². The van der Waals surface area contributed by atoms with E-state index >= 15 is 0 Å². The molecule has 1 aromatic rings. The first-order valence-electron chi connectivity index (χ1n) is 7.10. The largest absolute Gasteiger partial charge is 0.480 e. The molecule has 0 spiro atoms. The van der Waals surface area contributed by atoms with E-state index in [2.05, 4.69) is 30.9 Å². The highest BCUT2D eigenvalue weighted by molar-refractivity contribution is 5.79. The summed E-state index contributed by atoms with van der Waals surface area (Å²) in [5.41, 5.74) is 0.902. The fourth-order valence-electron chi connectivity index (χ4n) is 2.78. The second kappa shape index (κ2) is 5.83. The van der Waals surface area contributed by atoms with Gasteiger partial charge < -0.3 is 14.9 Å². The molecular weight excluding hydrogens is 256 g/mol. The molecule has 1 aromatic heterocycles. The van der Waals surface area contributed by atoms with Crippen molar-refractivity contribution in [2.45, 2.75) is 44.8 Å². The van der Waals surface area contributed by atoms with E-state index in [0.29, 0.717) is 12.5 Å². The Morgan fingerprint density at radius 1 is 1.55 bits per heavy atom. The normalized spacial score (nSPS) is 23.0. The fraction of sp³-hybridized carbons (Fsp3) is 0.714. The molecule has 1 aliphatic heterocycles. The van der Waals surface area contributed by atoms with Gasteiger partial charge >= 0.3 is 5.97 Å². The Hall–Kier alpha value is -1.56. The van der Waals surface area contributed by atoms with E-state index in [9.17, 15) is 9.90 Å². The number of aliphatic carboxylic acids is 1. The Kier molecular flexibility index (Phi) is 4.32. The van der Waals surface area contributed by atoms with E-state index in [-0.39, 0.29) is 6.04 Å². The van der Waals surface area contributed by atoms with Crippen LogP contribution in [0.2, 0.25) is 0 Å². The molecule has 1 saturated heterocycles. The summed E-state index contributed by atoms with van der Waals surface area (Å²) in [6.45, 7) is 5.17. The van der Waals surface area contributed by atoms with Gasteiger partial charge in [-0.25, -0.2) is 4.79 Å². The quantitative estimate of drug-likeness (QED) is 0.877. The van der Waals surface area contributed by atoms with Gasteiger partial charge in [0.2, 0.25) is 0 Å². The van der Waals surface area contributed by atoms with E-state index < -0.39 is 12.0 Å². The third-order valence-corrected chi connectivity index (χ3v) is 4.16. The van der Waals surface area contributed by atoms with E-state index in [1.54, 1.807) is 10.9 Å². The highest BCUT2D eigenvalue weighted by atomic mass is 16.4. The lowest BCUT2D eigenvalue weighted by atomic mass is 10.2. The summed E-state index contributed by atoms with van der Waals surface area (Å²) in [5.74, 6) is -0.747. The maximum Gasteiger partial charge on any atom is 0.326 e. The molecule has 0 amide bonds. The molecule has 6 heteroatoms. The van der Waals surface area contributed by atoms with E-state index in [4.69, 9.17) is 0 Å². The van der Waals surface area contributed by atoms with Crippen LogP contribution in [0, 0.1) is 0 Å². The number of aryl methyl sites for hydroxylation is 1. The van der Waals surface area contributed by atoms with Gasteiger partial charge in [-0.05, 0) is 33.7 Å². The number of nitrogens with zero attached hydrogens (tertiary/aromatic N) is 4. The number of anilines is 1. The summed E-state index contributed by atoms with van der Waals surface area (Å²) in [7, 11) is 3.94. The Balaban J connectivity index is 2.21. The number of aromatic nitrogens is 2. The molecule has 20 heavy (non-hydrogen) atoms. The highest BCUT2D eigenvalue weighted by Crippen LogP contribution is 2.31. The minimum atomic E-state index is -0.747. The number of carboxylic acids is 1. The van der Waals surface area contributed by atoms with Crippen molar-refractivity contribution in [3.05, 3.63) is 12.4 Å². The van der Waals surface area contributed by atoms with Gasteiger partial charge in [0.1, 0.15) is 6.04 Å². The van der Waals surface area contributed by atoms with Gasteiger partial charge in [-0.3, -0.25) is 4.68 Å². The predicted molar refractivity (Wildman–Crippen MR) is 77.9 cm³/mol. The summed E-state index contributed by atoms with van der Waals surface area (Å²) in [6, 6.07) is 0.243. The Morgan fingerprint density at radius 2 is 2.25 bits per heavy atom. The first-order valence-corrected chi connectivity index (χ1v) is 7.10. The SMILES string of the molecule is CC(C)N(C)C[C@H]1CC[C@@H](C(=O)O)N1c1cnn(C)c1. The molecule has 1 N–H and O–H groups in total. The monoisotopic (exact) mass is 280 g/mol. The second-order valence-electron chi connectivity index (χ2n) is 5.90. The first kappa shape index (κ1) is 14.8. The zero-order chi connectivity index (χ0) is 14.9. The van der Waals surface area contributed by atoms with Crippen molar-refractivity contribution in [3.63, 3.8) is 0 Å². The lowest BCUT2D eigenvalue weighted by molar-refractivity contribution is -0.138. The minimum Gasteiger partial charge on any atom is -0.480 e. The number of hydrogen-bond donors (Lipinski definition) is 1. The van der Waals surface area contributed by atoms with Crippen LogP contribution in [0.15, 0.2) is 12.4 Å². The minimum absolute atomic E-state index is 0.229. The van der Waals surface area contributed by atoms with Crippen molar-refractivity contribution < 1.29 is 9.90 Å². The number of carbonyl (C=O) groups is 1. The number of likely N-dealkylation sites (N-methyl/N-ethyl adjacent to an activating group) is 1. The number of hydrogen-bond acceptors (Lipinski definition) is 4. The van der Waals surface area contributed by atoms with E-state index in [1.165, 1.54) is 0 Å². The van der Waals surface area contributed by atoms with Crippen LogP contribution in [0.1, 0.15) is 26.7 Å². The first-order chi connectivity index (χ1) is 9.40. The molecule has 1 aliphatic rings. The summed E-state index contributed by atoms with van der Waals surface area (Å²) in [4.78, 5) is 15.8. The predicted octanol–water partition coefficient (Wildman–Crippen LogP) is 1.18. The molecule has 0 aromatic carbocycles. The van der Waals surface area contributed by atoms with Crippen molar-refractivity contribution >= 4 is 11.7 Å². The molecule has 1 fully saturated rings. The van der Waals surface area contributed by atoms with Crippen LogP contribution in [0.4, 0.5) is 5.69 Å². The van der Waals surface area contributed by atoms with E-state index in [0.717, 1.165) is 18.7 Å². The maximum atomic E-state index is 11.5. The molecule has 0 aliphatic carbocycles. The molecule has 0 radical (unpaired) electrons. The average Bonchev–Trinajstić information content (AvgIpc) is 2.95. The van der Waals surface area contributed by atoms with Gasteiger partial charge in [-0.1, -0.05) is 0 Å². The summed E-state index contributed by atoms with van der Waals surface area (Å²) >= 11 is 0. The summed E-state index contributed by atoms with van der Waals surface area (Å²) < 4.78 is 1.72. The van der Waals surface area contributed by atoms with Crippen LogP contribution in [0.3, 0.4) is 0 Å². The van der Waals surface area contributed by atoms with E-state index in [1.807, 2.05) is 18.1 Å². The standard InChI is InChI=1S/C14H24N4O2/c1-10(2)16(3)8-11-5-6-13(14(19)20)18(11)12-7-15-17(4)9-12/h7,9-11,13H,5-6,8H2,1-4H3,(H,19,20)/t11-,13+/m1/s1. The molecule has 0 bridgehead atoms. The Bertz CT molecular complexity index is 471. The van der Waals surface area contributed by atoms with Crippen LogP contribution in [-0.4, -0.2) is 57.5 Å². The maximum absolute atomic E-state index is 11.5. The van der Waals surface area contributed by atoms with Gasteiger partial charge in [0.25, 0.3) is 0 Å². The zero-order valence-corrected chi connectivity index (χ0v) is 12.7. The second-order valence-corrected chi connectivity index (χ2v) is 5.90. The molecule has 2 rings (SSSR count). The van der Waals surface area contributed by atoms with Gasteiger partial charge in [-0.15, -0.1) is 0 Å². The van der Waals surface area contributed by atoms with Gasteiger partial charge in [-0.2, -0.15) is 5.10 Å². The molecule has 112 valence electrons. The fourth-order valence-corrected chi connectivity index (χ4v) is 2.78. The molecule has 2 atom stereocenters. The van der Waals surface area contributed by atoms with Gasteiger partial charge in [0, 0.05) is 31.9 Å². The van der Waals surface area contributed by atoms with Crippen LogP contribution in [0.25, 0.3) is 0 Å². The Labute approximate surface area is 120 Å². The zero-order valence-electron chi connectivity index (χ0n) is 12.7. The Morgan fingerprint density at radius 3 is 2.75 bits per heavy atom. The topological polar surface area (TPSA) is 61.6 Å². The van der Waals surface area contributed by atoms with Crippen LogP contribution >= 0.6 is 0 Å². The van der Waals surface area contributed by atoms with Gasteiger partial charge in [0.05, 0.1) is 11.9 Å². The number of rotatable bonds is 5. The van der Waals surface area contributed by atoms with Crippen molar-refractivity contribution in [1.82, 2.24) is 14.7 Å². The molecule has 0 saturated carbocycles. The van der Waals surface area contributed by atoms with Crippen molar-refractivity contribution in [2.24, 2.45) is 7.05 Å².